The van der Waals surface area contributed by atoms with Crippen LogP contribution in [0.5, 0.6) is 0 Å². The molecule has 21 heavy (non-hydrogen) atoms. The number of primary amides is 1. The Labute approximate surface area is 125 Å². The molecule has 1 aromatic rings. The summed E-state index contributed by atoms with van der Waals surface area (Å²) in [6.45, 7) is 9.83. The standard InChI is InChI=1S/C15H24N4O2/c1-6-17-12-8-10(7-11(18-12)9(2)3)13(20)19-15(4,5)14(16)21/h7-9H,6H2,1-5H3,(H2,16,21)(H,17,18)(H,19,20). The molecule has 1 aromatic heterocycles. The summed E-state index contributed by atoms with van der Waals surface area (Å²) in [5.41, 5.74) is 5.45. The number of rotatable bonds is 6. The number of carbonyl (C=O) groups excluding carboxylic acids is 2. The lowest BCUT2D eigenvalue weighted by atomic mass is 10.0. The van der Waals surface area contributed by atoms with Crippen LogP contribution in [0.1, 0.15) is 56.6 Å². The monoisotopic (exact) mass is 292 g/mol. The van der Waals surface area contributed by atoms with Crippen molar-refractivity contribution < 1.29 is 9.59 Å². The Morgan fingerprint density at radius 3 is 2.43 bits per heavy atom. The number of aromatic nitrogens is 1. The molecule has 0 saturated heterocycles. The van der Waals surface area contributed by atoms with Crippen LogP contribution in [0.4, 0.5) is 5.82 Å². The first-order valence-corrected chi connectivity index (χ1v) is 7.05. The summed E-state index contributed by atoms with van der Waals surface area (Å²) in [6.07, 6.45) is 0. The van der Waals surface area contributed by atoms with E-state index >= 15 is 0 Å². The highest BCUT2D eigenvalue weighted by molar-refractivity contribution is 5.99. The average molecular weight is 292 g/mol. The Bertz CT molecular complexity index is 538. The van der Waals surface area contributed by atoms with Gasteiger partial charge < -0.3 is 16.4 Å². The minimum absolute atomic E-state index is 0.194. The van der Waals surface area contributed by atoms with Crippen molar-refractivity contribution in [3.63, 3.8) is 0 Å². The van der Waals surface area contributed by atoms with E-state index in [2.05, 4.69) is 15.6 Å². The van der Waals surface area contributed by atoms with Gasteiger partial charge in [-0.2, -0.15) is 0 Å². The molecule has 0 aliphatic rings. The first-order valence-electron chi connectivity index (χ1n) is 7.05. The molecular formula is C15H24N4O2. The van der Waals surface area contributed by atoms with Crippen LogP contribution in [-0.4, -0.2) is 28.9 Å². The van der Waals surface area contributed by atoms with E-state index in [1.54, 1.807) is 26.0 Å². The maximum absolute atomic E-state index is 12.3. The molecule has 0 unspecified atom stereocenters. The molecule has 0 atom stereocenters. The van der Waals surface area contributed by atoms with Gasteiger partial charge in [0.1, 0.15) is 11.4 Å². The normalized spacial score (nSPS) is 11.3. The summed E-state index contributed by atoms with van der Waals surface area (Å²) >= 11 is 0. The fourth-order valence-electron chi connectivity index (χ4n) is 1.67. The number of nitrogens with two attached hydrogens (primary N) is 1. The lowest BCUT2D eigenvalue weighted by Crippen LogP contribution is -2.53. The zero-order valence-corrected chi connectivity index (χ0v) is 13.3. The van der Waals surface area contributed by atoms with E-state index in [0.717, 1.165) is 5.69 Å². The van der Waals surface area contributed by atoms with Gasteiger partial charge >= 0.3 is 0 Å². The zero-order chi connectivity index (χ0) is 16.2. The van der Waals surface area contributed by atoms with Gasteiger partial charge in [-0.1, -0.05) is 13.8 Å². The molecule has 1 heterocycles. The smallest absolute Gasteiger partial charge is 0.252 e. The van der Waals surface area contributed by atoms with Crippen molar-refractivity contribution in [1.29, 1.82) is 0 Å². The third kappa shape index (κ3) is 4.44. The molecule has 116 valence electrons. The van der Waals surface area contributed by atoms with E-state index in [1.165, 1.54) is 0 Å². The van der Waals surface area contributed by atoms with Crippen molar-refractivity contribution in [3.8, 4) is 0 Å². The molecular weight excluding hydrogens is 268 g/mol. The lowest BCUT2D eigenvalue weighted by Gasteiger charge is -2.22. The Morgan fingerprint density at radius 2 is 1.95 bits per heavy atom. The minimum atomic E-state index is -1.10. The lowest BCUT2D eigenvalue weighted by molar-refractivity contribution is -0.122. The second-order valence-electron chi connectivity index (χ2n) is 5.79. The van der Waals surface area contributed by atoms with Crippen LogP contribution in [0.2, 0.25) is 0 Å². The molecule has 6 heteroatoms. The molecule has 4 N–H and O–H groups in total. The molecule has 2 amide bonds. The first kappa shape index (κ1) is 16.9. The van der Waals surface area contributed by atoms with Gasteiger partial charge in [-0.15, -0.1) is 0 Å². The molecule has 0 aliphatic carbocycles. The van der Waals surface area contributed by atoms with Gasteiger partial charge in [-0.3, -0.25) is 9.59 Å². The van der Waals surface area contributed by atoms with E-state index in [-0.39, 0.29) is 11.8 Å². The number of pyridine rings is 1. The topological polar surface area (TPSA) is 97.1 Å². The van der Waals surface area contributed by atoms with Gasteiger partial charge in [0.15, 0.2) is 0 Å². The summed E-state index contributed by atoms with van der Waals surface area (Å²) in [6, 6.07) is 3.40. The second-order valence-corrected chi connectivity index (χ2v) is 5.79. The van der Waals surface area contributed by atoms with E-state index in [1.807, 2.05) is 20.8 Å². The highest BCUT2D eigenvalue weighted by atomic mass is 16.2. The second kappa shape index (κ2) is 6.56. The Morgan fingerprint density at radius 1 is 1.33 bits per heavy atom. The van der Waals surface area contributed by atoms with Crippen molar-refractivity contribution in [2.24, 2.45) is 5.73 Å². The van der Waals surface area contributed by atoms with E-state index < -0.39 is 11.4 Å². The molecule has 0 fully saturated rings. The molecule has 0 radical (unpaired) electrons. The van der Waals surface area contributed by atoms with Gasteiger partial charge in [0.25, 0.3) is 5.91 Å². The highest BCUT2D eigenvalue weighted by Crippen LogP contribution is 2.18. The fraction of sp³-hybridized carbons (Fsp3) is 0.533. The van der Waals surface area contributed by atoms with Crippen molar-refractivity contribution in [2.75, 3.05) is 11.9 Å². The molecule has 0 spiro atoms. The largest absolute Gasteiger partial charge is 0.370 e. The van der Waals surface area contributed by atoms with Crippen LogP contribution in [0.15, 0.2) is 12.1 Å². The Hall–Kier alpha value is -2.11. The van der Waals surface area contributed by atoms with Gasteiger partial charge in [0.05, 0.1) is 0 Å². The maximum atomic E-state index is 12.3. The summed E-state index contributed by atoms with van der Waals surface area (Å²) in [7, 11) is 0. The molecule has 6 nitrogen and oxygen atoms in total. The number of carbonyl (C=O) groups is 2. The first-order chi connectivity index (χ1) is 9.67. The van der Waals surface area contributed by atoms with Crippen LogP contribution >= 0.6 is 0 Å². The number of nitrogens with one attached hydrogen (secondary N) is 2. The molecule has 0 saturated carbocycles. The Kier molecular flexibility index (Phi) is 5.29. The predicted molar refractivity (Wildman–Crippen MR) is 83.2 cm³/mol. The predicted octanol–water partition coefficient (Wildman–Crippen LogP) is 1.63. The van der Waals surface area contributed by atoms with Gasteiger partial charge in [0, 0.05) is 17.8 Å². The summed E-state index contributed by atoms with van der Waals surface area (Å²) < 4.78 is 0. The van der Waals surface area contributed by atoms with Crippen LogP contribution in [0, 0.1) is 0 Å². The van der Waals surface area contributed by atoms with E-state index in [4.69, 9.17) is 5.73 Å². The van der Waals surface area contributed by atoms with Crippen LogP contribution in [0.25, 0.3) is 0 Å². The number of anilines is 1. The number of hydrogen-bond donors (Lipinski definition) is 3. The zero-order valence-electron chi connectivity index (χ0n) is 13.3. The quantitative estimate of drug-likeness (QED) is 0.742. The van der Waals surface area contributed by atoms with Gasteiger partial charge in [-0.05, 0) is 38.8 Å². The average Bonchev–Trinajstić information content (AvgIpc) is 2.37. The fourth-order valence-corrected chi connectivity index (χ4v) is 1.67. The minimum Gasteiger partial charge on any atom is -0.370 e. The molecule has 0 aliphatic heterocycles. The van der Waals surface area contributed by atoms with Crippen LogP contribution < -0.4 is 16.4 Å². The third-order valence-corrected chi connectivity index (χ3v) is 3.10. The number of hydrogen-bond acceptors (Lipinski definition) is 4. The third-order valence-electron chi connectivity index (χ3n) is 3.10. The number of nitrogens with zero attached hydrogens (tertiary/aromatic N) is 1. The molecule has 1 rings (SSSR count). The SMILES string of the molecule is CCNc1cc(C(=O)NC(C)(C)C(N)=O)cc(C(C)C)n1. The van der Waals surface area contributed by atoms with Gasteiger partial charge in [0.2, 0.25) is 5.91 Å². The maximum Gasteiger partial charge on any atom is 0.252 e. The van der Waals surface area contributed by atoms with E-state index in [9.17, 15) is 9.59 Å². The molecule has 0 aromatic carbocycles. The number of amides is 2. The van der Waals surface area contributed by atoms with Crippen LogP contribution in [0.3, 0.4) is 0 Å². The van der Waals surface area contributed by atoms with Gasteiger partial charge in [-0.25, -0.2) is 4.98 Å². The summed E-state index contributed by atoms with van der Waals surface area (Å²) in [5.74, 6) is -0.0896. The van der Waals surface area contributed by atoms with Crippen molar-refractivity contribution in [3.05, 3.63) is 23.4 Å². The van der Waals surface area contributed by atoms with Crippen LogP contribution in [-0.2, 0) is 4.79 Å². The van der Waals surface area contributed by atoms with Crippen molar-refractivity contribution in [1.82, 2.24) is 10.3 Å². The van der Waals surface area contributed by atoms with Crippen molar-refractivity contribution >= 4 is 17.6 Å². The highest BCUT2D eigenvalue weighted by Gasteiger charge is 2.27. The van der Waals surface area contributed by atoms with E-state index in [0.29, 0.717) is 17.9 Å². The Balaban J connectivity index is 3.11. The summed E-state index contributed by atoms with van der Waals surface area (Å²) in [4.78, 5) is 28.1. The summed E-state index contributed by atoms with van der Waals surface area (Å²) in [5, 5.41) is 5.74. The molecule has 0 bridgehead atoms. The van der Waals surface area contributed by atoms with Crippen molar-refractivity contribution in [2.45, 2.75) is 46.1 Å².